The number of hydrogen-bond donors (Lipinski definition) is 2. The Morgan fingerprint density at radius 1 is 0.952 bits per heavy atom. The summed E-state index contributed by atoms with van der Waals surface area (Å²) in [6, 6.07) is 18.6. The second-order valence-corrected chi connectivity index (χ2v) is 9.47. The fourth-order valence-electron chi connectivity index (χ4n) is 4.42. The molecule has 0 unspecified atom stereocenters. The zero-order valence-electron chi connectivity index (χ0n) is 22.7. The molecule has 1 aliphatic heterocycles. The van der Waals surface area contributed by atoms with Crippen LogP contribution < -0.4 is 19.5 Å². The van der Waals surface area contributed by atoms with Gasteiger partial charge in [-0.1, -0.05) is 0 Å². The summed E-state index contributed by atoms with van der Waals surface area (Å²) >= 11 is 0. The normalized spacial score (nSPS) is 11.9. The molecule has 3 heterocycles. The number of amides is 1. The molecule has 0 saturated heterocycles. The molecule has 212 valence electrons. The minimum atomic E-state index is -0.429. The summed E-state index contributed by atoms with van der Waals surface area (Å²) in [5, 5.41) is 10.4. The van der Waals surface area contributed by atoms with Gasteiger partial charge in [0.15, 0.2) is 28.9 Å². The van der Waals surface area contributed by atoms with Crippen molar-refractivity contribution in [3.05, 3.63) is 83.6 Å². The minimum absolute atomic E-state index is 0.0376. The molecule has 6 rings (SSSR count). The van der Waals surface area contributed by atoms with E-state index in [4.69, 9.17) is 18.9 Å². The average Bonchev–Trinajstić information content (AvgIpc) is 3.72. The number of methoxy groups -OCH3 is 1. The van der Waals surface area contributed by atoms with Gasteiger partial charge >= 0.3 is 5.97 Å². The van der Waals surface area contributed by atoms with Crippen molar-refractivity contribution in [1.29, 1.82) is 0 Å². The lowest BCUT2D eigenvalue weighted by Crippen LogP contribution is -2.13. The van der Waals surface area contributed by atoms with Gasteiger partial charge < -0.3 is 24.3 Å². The van der Waals surface area contributed by atoms with E-state index in [-0.39, 0.29) is 31.3 Å². The topological polar surface area (TPSA) is 146 Å². The maximum absolute atomic E-state index is 12.5. The van der Waals surface area contributed by atoms with Crippen molar-refractivity contribution in [3.63, 3.8) is 0 Å². The van der Waals surface area contributed by atoms with Crippen molar-refractivity contribution >= 4 is 29.0 Å². The Hall–Kier alpha value is -5.65. The zero-order chi connectivity index (χ0) is 29.2. The molecule has 3 aromatic carbocycles. The number of anilines is 1. The van der Waals surface area contributed by atoms with Crippen LogP contribution >= 0.6 is 0 Å². The second kappa shape index (κ2) is 11.1. The van der Waals surface area contributed by atoms with Gasteiger partial charge in [0.2, 0.25) is 18.3 Å². The number of hydrogen-bond acceptors (Lipinski definition) is 9. The number of nitrogens with one attached hydrogen (secondary N) is 2. The molecular formula is C30H25N5O7. The van der Waals surface area contributed by atoms with E-state index in [2.05, 4.69) is 20.5 Å². The summed E-state index contributed by atoms with van der Waals surface area (Å²) in [6.45, 7) is 1.97. The van der Waals surface area contributed by atoms with E-state index < -0.39 is 5.97 Å². The predicted molar refractivity (Wildman–Crippen MR) is 150 cm³/mol. The van der Waals surface area contributed by atoms with E-state index in [9.17, 15) is 14.4 Å². The monoisotopic (exact) mass is 567 g/mol. The maximum atomic E-state index is 12.5. The number of rotatable bonds is 9. The van der Waals surface area contributed by atoms with Crippen LogP contribution in [0.15, 0.2) is 66.7 Å². The molecule has 0 fully saturated rings. The van der Waals surface area contributed by atoms with E-state index in [1.807, 2.05) is 6.92 Å². The van der Waals surface area contributed by atoms with Gasteiger partial charge in [0.05, 0.1) is 18.4 Å². The number of aryl methyl sites for hydroxylation is 1. The number of H-pyrrole nitrogens is 1. The highest BCUT2D eigenvalue weighted by molar-refractivity contribution is 6.00. The summed E-state index contributed by atoms with van der Waals surface area (Å²) in [7, 11) is 1.33. The SMILES string of the molecule is COC(=O)c1ccc(Oc2c(C)[nH]n3nc(-c4ccc(NC(=O)CCC(=O)c5ccc6c(c5)OCO6)cc4)nc23)cc1. The van der Waals surface area contributed by atoms with E-state index >= 15 is 0 Å². The molecular weight excluding hydrogens is 542 g/mol. The van der Waals surface area contributed by atoms with Crippen molar-refractivity contribution in [2.45, 2.75) is 19.8 Å². The molecule has 0 aliphatic carbocycles. The van der Waals surface area contributed by atoms with Crippen LogP contribution in [0.5, 0.6) is 23.0 Å². The number of fused-ring (bicyclic) bond motifs is 2. The largest absolute Gasteiger partial charge is 0.465 e. The first-order chi connectivity index (χ1) is 20.4. The predicted octanol–water partition coefficient (Wildman–Crippen LogP) is 4.94. The number of aromatic nitrogens is 4. The van der Waals surface area contributed by atoms with Crippen LogP contribution in [0.2, 0.25) is 0 Å². The third-order valence-corrected chi connectivity index (χ3v) is 6.62. The van der Waals surface area contributed by atoms with Gasteiger partial charge in [0.25, 0.3) is 0 Å². The van der Waals surface area contributed by atoms with Crippen LogP contribution in [0.1, 0.15) is 39.3 Å². The molecule has 2 aromatic heterocycles. The number of aromatic amines is 1. The van der Waals surface area contributed by atoms with Crippen molar-refractivity contribution in [2.75, 3.05) is 19.2 Å². The number of nitrogens with zero attached hydrogens (tertiary/aromatic N) is 3. The van der Waals surface area contributed by atoms with Gasteiger partial charge in [0.1, 0.15) is 5.75 Å². The molecule has 12 nitrogen and oxygen atoms in total. The second-order valence-electron chi connectivity index (χ2n) is 9.47. The fraction of sp³-hybridized carbons (Fsp3) is 0.167. The minimum Gasteiger partial charge on any atom is -0.465 e. The number of benzene rings is 3. The smallest absolute Gasteiger partial charge is 0.337 e. The molecule has 0 spiro atoms. The summed E-state index contributed by atoms with van der Waals surface area (Å²) < 4.78 is 22.9. The van der Waals surface area contributed by atoms with E-state index in [0.29, 0.717) is 51.3 Å². The van der Waals surface area contributed by atoms with Gasteiger partial charge in [-0.05, 0) is 73.7 Å². The molecule has 12 heteroatoms. The van der Waals surface area contributed by atoms with E-state index in [1.165, 1.54) is 11.7 Å². The Morgan fingerprint density at radius 3 is 2.45 bits per heavy atom. The number of carbonyl (C=O) groups is 3. The van der Waals surface area contributed by atoms with Gasteiger partial charge in [-0.25, -0.2) is 9.78 Å². The molecule has 0 radical (unpaired) electrons. The quantitative estimate of drug-likeness (QED) is 0.187. The first-order valence-electron chi connectivity index (χ1n) is 13.0. The summed E-state index contributed by atoms with van der Waals surface area (Å²) in [5.74, 6) is 1.75. The average molecular weight is 568 g/mol. The fourth-order valence-corrected chi connectivity index (χ4v) is 4.42. The van der Waals surface area contributed by atoms with Crippen molar-refractivity contribution in [2.24, 2.45) is 0 Å². The summed E-state index contributed by atoms with van der Waals surface area (Å²) in [4.78, 5) is 41.3. The summed E-state index contributed by atoms with van der Waals surface area (Å²) in [6.07, 6.45) is 0.101. The first-order valence-corrected chi connectivity index (χ1v) is 13.0. The van der Waals surface area contributed by atoms with Gasteiger partial charge in [-0.3, -0.25) is 14.7 Å². The molecule has 5 aromatic rings. The van der Waals surface area contributed by atoms with Gasteiger partial charge in [-0.15, -0.1) is 9.73 Å². The van der Waals surface area contributed by atoms with Crippen LogP contribution in [0.3, 0.4) is 0 Å². The third kappa shape index (κ3) is 5.37. The van der Waals surface area contributed by atoms with E-state index in [0.717, 1.165) is 11.3 Å². The highest BCUT2D eigenvalue weighted by atomic mass is 16.7. The van der Waals surface area contributed by atoms with Crippen molar-refractivity contribution in [3.8, 4) is 34.4 Å². The highest BCUT2D eigenvalue weighted by Gasteiger charge is 2.19. The lowest BCUT2D eigenvalue weighted by atomic mass is 10.1. The molecule has 0 saturated carbocycles. The molecule has 0 bridgehead atoms. The zero-order valence-corrected chi connectivity index (χ0v) is 22.7. The Balaban J connectivity index is 1.08. The van der Waals surface area contributed by atoms with Crippen molar-refractivity contribution < 1.29 is 33.3 Å². The number of ketones is 1. The molecule has 42 heavy (non-hydrogen) atoms. The maximum Gasteiger partial charge on any atom is 0.337 e. The van der Waals surface area contributed by atoms with Crippen LogP contribution in [-0.2, 0) is 9.53 Å². The molecule has 1 amide bonds. The molecule has 2 N–H and O–H groups in total. The lowest BCUT2D eigenvalue weighted by molar-refractivity contribution is -0.116. The van der Waals surface area contributed by atoms with Crippen LogP contribution in [-0.4, -0.2) is 51.4 Å². The van der Waals surface area contributed by atoms with Crippen LogP contribution in [0.4, 0.5) is 5.69 Å². The molecule has 1 aliphatic rings. The summed E-state index contributed by atoms with van der Waals surface area (Å²) in [5.41, 5.74) is 3.42. The highest BCUT2D eigenvalue weighted by Crippen LogP contribution is 2.33. The van der Waals surface area contributed by atoms with Gasteiger partial charge in [-0.2, -0.15) is 0 Å². The third-order valence-electron chi connectivity index (χ3n) is 6.62. The number of esters is 1. The standard InChI is InChI=1S/C30H25N5O7/c1-17-27(42-22-10-5-19(6-11-22)30(38)39-2)29-32-28(34-35(29)33-17)18-3-8-21(9-4-18)31-26(37)14-12-23(36)20-7-13-24-25(15-20)41-16-40-24/h3-11,13,15,33H,12,14,16H2,1-2H3,(H,31,37). The Labute approximate surface area is 239 Å². The number of Topliss-reactive ketones (excluding diaryl/α,β-unsaturated/α-hetero) is 1. The first kappa shape index (κ1) is 26.6. The number of carbonyl (C=O) groups excluding carboxylic acids is 3. The van der Waals surface area contributed by atoms with E-state index in [1.54, 1.807) is 66.7 Å². The number of ether oxygens (including phenoxy) is 4. The van der Waals surface area contributed by atoms with Crippen molar-refractivity contribution in [1.82, 2.24) is 19.8 Å². The lowest BCUT2D eigenvalue weighted by Gasteiger charge is -2.06. The van der Waals surface area contributed by atoms with Crippen LogP contribution in [0.25, 0.3) is 17.0 Å². The Bertz CT molecular complexity index is 1810. The Morgan fingerprint density at radius 2 is 1.69 bits per heavy atom. The molecule has 0 atom stereocenters. The Kier molecular flexibility index (Phi) is 7.01. The van der Waals surface area contributed by atoms with Crippen LogP contribution in [0, 0.1) is 6.92 Å². The van der Waals surface area contributed by atoms with Gasteiger partial charge in [0, 0.05) is 29.7 Å².